The lowest BCUT2D eigenvalue weighted by atomic mass is 10.1. The van der Waals surface area contributed by atoms with E-state index in [-0.39, 0.29) is 12.3 Å². The molecule has 1 aliphatic rings. The van der Waals surface area contributed by atoms with E-state index in [1.165, 1.54) is 11.3 Å². The topological polar surface area (TPSA) is 88.2 Å². The molecule has 1 fully saturated rings. The Labute approximate surface area is 161 Å². The summed E-state index contributed by atoms with van der Waals surface area (Å²) < 4.78 is 0. The molecule has 25 heavy (non-hydrogen) atoms. The van der Waals surface area contributed by atoms with Crippen LogP contribution in [0.25, 0.3) is 0 Å². The first kappa shape index (κ1) is 18.2. The number of anilines is 1. The summed E-state index contributed by atoms with van der Waals surface area (Å²) in [6.07, 6.45) is 2.11. The monoisotopic (exact) mass is 415 g/mol. The minimum Gasteiger partial charge on any atom is -0.302 e. The van der Waals surface area contributed by atoms with Crippen molar-refractivity contribution in [3.63, 3.8) is 0 Å². The van der Waals surface area contributed by atoms with Crippen LogP contribution in [0, 0.1) is 0 Å². The van der Waals surface area contributed by atoms with Crippen LogP contribution >= 0.6 is 46.3 Å². The number of carbonyl (C=O) groups excluding carboxylic acids is 3. The predicted molar refractivity (Wildman–Crippen MR) is 99.5 cm³/mol. The second-order valence-corrected chi connectivity index (χ2v) is 8.31. The van der Waals surface area contributed by atoms with Crippen molar-refractivity contribution in [1.82, 2.24) is 10.3 Å². The van der Waals surface area contributed by atoms with Gasteiger partial charge in [-0.3, -0.25) is 19.7 Å². The minimum absolute atomic E-state index is 0.0860. The van der Waals surface area contributed by atoms with E-state index in [2.05, 4.69) is 15.6 Å². The first-order valence-corrected chi connectivity index (χ1v) is 9.56. The average Bonchev–Trinajstić information content (AvgIpc) is 3.09. The van der Waals surface area contributed by atoms with Crippen LogP contribution in [0.1, 0.15) is 16.9 Å². The lowest BCUT2D eigenvalue weighted by Gasteiger charge is -2.04. The third-order valence-corrected chi connectivity index (χ3v) is 5.81. The molecule has 3 amide bonds. The highest BCUT2D eigenvalue weighted by Crippen LogP contribution is 2.27. The summed E-state index contributed by atoms with van der Waals surface area (Å²) in [6.45, 7) is 0. The standard InChI is InChI=1S/C15H11Cl2N3O3S2/c16-8-1-2-10(17)7(3-8)4-9-6-18-14(24-9)19-12(21)5-11-13(22)20-15(23)25-11/h1-3,6,11H,4-5H2,(H,18,19,21)(H,20,22,23)/t11-/m1/s1. The Kier molecular flexibility index (Phi) is 5.63. The van der Waals surface area contributed by atoms with E-state index in [0.717, 1.165) is 22.2 Å². The maximum absolute atomic E-state index is 12.0. The molecule has 0 unspecified atom stereocenters. The number of thioether (sulfide) groups is 1. The number of halogens is 2. The van der Waals surface area contributed by atoms with E-state index in [1.807, 2.05) is 0 Å². The quantitative estimate of drug-likeness (QED) is 0.776. The van der Waals surface area contributed by atoms with Gasteiger partial charge in [-0.15, -0.1) is 11.3 Å². The first-order valence-electron chi connectivity index (χ1n) is 7.10. The van der Waals surface area contributed by atoms with E-state index >= 15 is 0 Å². The zero-order valence-electron chi connectivity index (χ0n) is 12.5. The van der Waals surface area contributed by atoms with Crippen molar-refractivity contribution < 1.29 is 14.4 Å². The fourth-order valence-corrected chi connectivity index (χ4v) is 4.23. The van der Waals surface area contributed by atoms with Gasteiger partial charge in [-0.2, -0.15) is 0 Å². The number of hydrogen-bond acceptors (Lipinski definition) is 6. The van der Waals surface area contributed by atoms with E-state index in [4.69, 9.17) is 23.2 Å². The van der Waals surface area contributed by atoms with Crippen molar-refractivity contribution in [3.05, 3.63) is 44.9 Å². The Balaban J connectivity index is 1.60. The Hall–Kier alpha value is -1.61. The average molecular weight is 416 g/mol. The lowest BCUT2D eigenvalue weighted by molar-refractivity contribution is -0.122. The molecule has 1 atom stereocenters. The molecule has 0 radical (unpaired) electrons. The van der Waals surface area contributed by atoms with Gasteiger partial charge in [0.05, 0.1) is 0 Å². The number of imide groups is 1. The van der Waals surface area contributed by atoms with Gasteiger partial charge in [0.15, 0.2) is 5.13 Å². The molecule has 2 N–H and O–H groups in total. The molecule has 1 aromatic carbocycles. The van der Waals surface area contributed by atoms with Crippen molar-refractivity contribution in [1.29, 1.82) is 0 Å². The van der Waals surface area contributed by atoms with Gasteiger partial charge in [-0.25, -0.2) is 4.98 Å². The number of hydrogen-bond donors (Lipinski definition) is 2. The summed E-state index contributed by atoms with van der Waals surface area (Å²) in [5.74, 6) is -0.815. The molecule has 0 saturated carbocycles. The Morgan fingerprint density at radius 1 is 1.32 bits per heavy atom. The number of amides is 3. The third kappa shape index (κ3) is 4.72. The van der Waals surface area contributed by atoms with Gasteiger partial charge in [0, 0.05) is 34.0 Å². The fraction of sp³-hybridized carbons (Fsp3) is 0.200. The van der Waals surface area contributed by atoms with Crippen LogP contribution in [0.4, 0.5) is 9.93 Å². The lowest BCUT2D eigenvalue weighted by Crippen LogP contribution is -2.27. The number of aromatic nitrogens is 1. The van der Waals surface area contributed by atoms with Crippen molar-refractivity contribution >= 4 is 68.5 Å². The Bertz CT molecular complexity index is 856. The van der Waals surface area contributed by atoms with E-state index in [1.54, 1.807) is 24.4 Å². The van der Waals surface area contributed by atoms with Crippen molar-refractivity contribution in [2.75, 3.05) is 5.32 Å². The van der Waals surface area contributed by atoms with Crippen LogP contribution in [0.15, 0.2) is 24.4 Å². The van der Waals surface area contributed by atoms with Gasteiger partial charge < -0.3 is 5.32 Å². The summed E-state index contributed by atoms with van der Waals surface area (Å²) >= 11 is 14.2. The Morgan fingerprint density at radius 3 is 2.84 bits per heavy atom. The summed E-state index contributed by atoms with van der Waals surface area (Å²) in [5, 5.41) is 5.29. The fourth-order valence-electron chi connectivity index (χ4n) is 2.18. The van der Waals surface area contributed by atoms with Crippen LogP contribution in [0.5, 0.6) is 0 Å². The molecular formula is C15H11Cl2N3O3S2. The van der Waals surface area contributed by atoms with Gasteiger partial charge in [-0.1, -0.05) is 35.0 Å². The Morgan fingerprint density at radius 2 is 2.12 bits per heavy atom. The van der Waals surface area contributed by atoms with Crippen molar-refractivity contribution in [3.8, 4) is 0 Å². The minimum atomic E-state index is -0.697. The number of carbonyl (C=O) groups is 3. The maximum atomic E-state index is 12.0. The summed E-state index contributed by atoms with van der Waals surface area (Å²) in [5.41, 5.74) is 0.869. The SMILES string of the molecule is O=C(C[C@H]1SC(=O)NC1=O)Nc1ncc(Cc2cc(Cl)ccc2Cl)s1. The molecule has 3 rings (SSSR count). The second kappa shape index (κ2) is 7.74. The van der Waals surface area contributed by atoms with Crippen molar-refractivity contribution in [2.45, 2.75) is 18.1 Å². The van der Waals surface area contributed by atoms with Crippen LogP contribution in [0.3, 0.4) is 0 Å². The number of benzene rings is 1. The van der Waals surface area contributed by atoms with E-state index in [9.17, 15) is 14.4 Å². The highest BCUT2D eigenvalue weighted by Gasteiger charge is 2.33. The summed E-state index contributed by atoms with van der Waals surface area (Å²) in [4.78, 5) is 39.6. The molecule has 0 bridgehead atoms. The van der Waals surface area contributed by atoms with Crippen LogP contribution < -0.4 is 10.6 Å². The molecule has 1 aliphatic heterocycles. The number of thiazole rings is 1. The molecule has 0 aliphatic carbocycles. The van der Waals surface area contributed by atoms with Gasteiger partial charge in [0.1, 0.15) is 5.25 Å². The van der Waals surface area contributed by atoms with Crippen LogP contribution in [-0.4, -0.2) is 27.3 Å². The number of nitrogens with zero attached hydrogens (tertiary/aromatic N) is 1. The molecule has 6 nitrogen and oxygen atoms in total. The molecule has 2 aromatic rings. The normalized spacial score (nSPS) is 16.8. The van der Waals surface area contributed by atoms with E-state index in [0.29, 0.717) is 21.6 Å². The highest BCUT2D eigenvalue weighted by molar-refractivity contribution is 8.15. The summed E-state index contributed by atoms with van der Waals surface area (Å²) in [7, 11) is 0. The molecule has 2 heterocycles. The molecule has 10 heteroatoms. The zero-order chi connectivity index (χ0) is 18.0. The largest absolute Gasteiger partial charge is 0.302 e. The van der Waals surface area contributed by atoms with Crippen LogP contribution in [-0.2, 0) is 16.0 Å². The molecule has 1 saturated heterocycles. The number of nitrogens with one attached hydrogen (secondary N) is 2. The first-order chi connectivity index (χ1) is 11.9. The molecular weight excluding hydrogens is 405 g/mol. The zero-order valence-corrected chi connectivity index (χ0v) is 15.7. The third-order valence-electron chi connectivity index (χ3n) is 3.31. The van der Waals surface area contributed by atoms with Gasteiger partial charge >= 0.3 is 0 Å². The van der Waals surface area contributed by atoms with Gasteiger partial charge in [0.25, 0.3) is 5.24 Å². The van der Waals surface area contributed by atoms with Gasteiger partial charge in [0.2, 0.25) is 11.8 Å². The molecule has 0 spiro atoms. The van der Waals surface area contributed by atoms with Crippen molar-refractivity contribution in [2.24, 2.45) is 0 Å². The smallest absolute Gasteiger partial charge is 0.286 e. The maximum Gasteiger partial charge on any atom is 0.286 e. The summed E-state index contributed by atoms with van der Waals surface area (Å²) in [6, 6.07) is 5.23. The number of rotatable bonds is 5. The predicted octanol–water partition coefficient (Wildman–Crippen LogP) is 3.72. The highest BCUT2D eigenvalue weighted by atomic mass is 35.5. The molecule has 130 valence electrons. The van der Waals surface area contributed by atoms with E-state index < -0.39 is 16.4 Å². The van der Waals surface area contributed by atoms with Gasteiger partial charge in [-0.05, 0) is 23.8 Å². The molecule has 1 aromatic heterocycles. The van der Waals surface area contributed by atoms with Crippen LogP contribution in [0.2, 0.25) is 10.0 Å². The second-order valence-electron chi connectivity index (χ2n) is 5.18.